The second-order valence-electron chi connectivity index (χ2n) is 5.06. The summed E-state index contributed by atoms with van der Waals surface area (Å²) in [5.74, 6) is -2.12. The summed E-state index contributed by atoms with van der Waals surface area (Å²) in [6.07, 6.45) is -0.240. The number of nitrogens with one attached hydrogen (secondary N) is 1. The Hall–Kier alpha value is -1.66. The molecule has 0 spiro atoms. The summed E-state index contributed by atoms with van der Waals surface area (Å²) < 4.78 is 18.8. The number of carboxylic acids is 1. The summed E-state index contributed by atoms with van der Waals surface area (Å²) >= 11 is 5.60. The minimum Gasteiger partial charge on any atom is -0.481 e. The van der Waals surface area contributed by atoms with E-state index >= 15 is 0 Å². The van der Waals surface area contributed by atoms with Gasteiger partial charge < -0.3 is 15.2 Å². The lowest BCUT2D eigenvalue weighted by molar-refractivity contribution is -0.137. The van der Waals surface area contributed by atoms with E-state index in [9.17, 15) is 14.0 Å². The van der Waals surface area contributed by atoms with E-state index in [1.165, 1.54) is 12.1 Å². The standard InChI is InChI=1S/C15H19ClFNO4/c1-9(2)22-6-5-14(19)18-13(8-15(20)21)10-3-4-11(16)12(17)7-10/h3-4,7,9,13H,5-6,8H2,1-2H3,(H,18,19)(H,20,21). The summed E-state index contributed by atoms with van der Waals surface area (Å²) in [6.45, 7) is 3.93. The average Bonchev–Trinajstić information content (AvgIpc) is 2.40. The van der Waals surface area contributed by atoms with E-state index < -0.39 is 17.8 Å². The number of benzene rings is 1. The molecule has 1 aromatic carbocycles. The molecular weight excluding hydrogens is 313 g/mol. The number of rotatable bonds is 8. The summed E-state index contributed by atoms with van der Waals surface area (Å²) in [7, 11) is 0. The molecule has 1 amide bonds. The van der Waals surface area contributed by atoms with Gasteiger partial charge in [-0.2, -0.15) is 0 Å². The fraction of sp³-hybridized carbons (Fsp3) is 0.467. The Kier molecular flexibility index (Phi) is 7.27. The van der Waals surface area contributed by atoms with Crippen LogP contribution in [0.1, 0.15) is 38.3 Å². The minimum atomic E-state index is -1.10. The van der Waals surface area contributed by atoms with Crippen molar-refractivity contribution in [3.63, 3.8) is 0 Å². The van der Waals surface area contributed by atoms with Gasteiger partial charge in [-0.05, 0) is 31.5 Å². The van der Waals surface area contributed by atoms with Crippen molar-refractivity contribution in [1.82, 2.24) is 5.32 Å². The SMILES string of the molecule is CC(C)OCCC(=O)NC(CC(=O)O)c1ccc(Cl)c(F)c1. The molecule has 0 bridgehead atoms. The Morgan fingerprint density at radius 2 is 2.09 bits per heavy atom. The van der Waals surface area contributed by atoms with E-state index in [1.54, 1.807) is 0 Å². The number of carbonyl (C=O) groups excluding carboxylic acids is 1. The highest BCUT2D eigenvalue weighted by molar-refractivity contribution is 6.30. The lowest BCUT2D eigenvalue weighted by Gasteiger charge is -2.18. The van der Waals surface area contributed by atoms with E-state index in [1.807, 2.05) is 13.8 Å². The molecule has 122 valence electrons. The molecule has 22 heavy (non-hydrogen) atoms. The molecule has 1 unspecified atom stereocenters. The Morgan fingerprint density at radius 1 is 1.41 bits per heavy atom. The van der Waals surface area contributed by atoms with Crippen LogP contribution in [0, 0.1) is 5.82 Å². The third-order valence-electron chi connectivity index (χ3n) is 2.84. The monoisotopic (exact) mass is 331 g/mol. The maximum atomic E-state index is 13.5. The highest BCUT2D eigenvalue weighted by Gasteiger charge is 2.19. The van der Waals surface area contributed by atoms with E-state index in [2.05, 4.69) is 5.32 Å². The van der Waals surface area contributed by atoms with Gasteiger partial charge in [0.15, 0.2) is 0 Å². The van der Waals surface area contributed by atoms with Crippen LogP contribution in [0.25, 0.3) is 0 Å². The molecule has 0 saturated heterocycles. The number of ether oxygens (including phenoxy) is 1. The van der Waals surface area contributed by atoms with E-state index in [-0.39, 0.29) is 36.5 Å². The first kappa shape index (κ1) is 18.4. The van der Waals surface area contributed by atoms with Crippen molar-refractivity contribution >= 4 is 23.5 Å². The van der Waals surface area contributed by atoms with Crippen LogP contribution in [0.5, 0.6) is 0 Å². The van der Waals surface area contributed by atoms with Gasteiger partial charge in [0, 0.05) is 6.42 Å². The maximum Gasteiger partial charge on any atom is 0.305 e. The molecule has 0 aliphatic heterocycles. The molecule has 1 atom stereocenters. The molecule has 0 aromatic heterocycles. The summed E-state index contributed by atoms with van der Waals surface area (Å²) in [5, 5.41) is 11.4. The van der Waals surface area contributed by atoms with Gasteiger partial charge >= 0.3 is 5.97 Å². The van der Waals surface area contributed by atoms with Crippen molar-refractivity contribution in [1.29, 1.82) is 0 Å². The fourth-order valence-electron chi connectivity index (χ4n) is 1.81. The van der Waals surface area contributed by atoms with Crippen LogP contribution in [0.15, 0.2) is 18.2 Å². The van der Waals surface area contributed by atoms with Crippen molar-refractivity contribution in [3.8, 4) is 0 Å². The molecule has 5 nitrogen and oxygen atoms in total. The van der Waals surface area contributed by atoms with Crippen molar-refractivity contribution in [2.75, 3.05) is 6.61 Å². The highest BCUT2D eigenvalue weighted by Crippen LogP contribution is 2.22. The topological polar surface area (TPSA) is 75.6 Å². The van der Waals surface area contributed by atoms with Gasteiger partial charge in [-0.25, -0.2) is 4.39 Å². The second kappa shape index (κ2) is 8.70. The van der Waals surface area contributed by atoms with Crippen LogP contribution < -0.4 is 5.32 Å². The van der Waals surface area contributed by atoms with Gasteiger partial charge in [0.25, 0.3) is 0 Å². The van der Waals surface area contributed by atoms with Crippen molar-refractivity contribution in [3.05, 3.63) is 34.6 Å². The number of amides is 1. The van der Waals surface area contributed by atoms with Crippen LogP contribution in [-0.2, 0) is 14.3 Å². The molecule has 0 heterocycles. The van der Waals surface area contributed by atoms with Gasteiger partial charge in [0.05, 0.1) is 30.2 Å². The zero-order valence-corrected chi connectivity index (χ0v) is 13.2. The summed E-state index contributed by atoms with van der Waals surface area (Å²) in [4.78, 5) is 22.8. The lowest BCUT2D eigenvalue weighted by Crippen LogP contribution is -2.31. The molecule has 0 aliphatic rings. The predicted octanol–water partition coefficient (Wildman–Crippen LogP) is 2.93. The third kappa shape index (κ3) is 6.41. The molecule has 1 aromatic rings. The third-order valence-corrected chi connectivity index (χ3v) is 3.15. The Bertz CT molecular complexity index is 536. The zero-order valence-electron chi connectivity index (χ0n) is 12.4. The smallest absolute Gasteiger partial charge is 0.305 e. The Morgan fingerprint density at radius 3 is 2.64 bits per heavy atom. The lowest BCUT2D eigenvalue weighted by atomic mass is 10.0. The Labute approximate surface area is 133 Å². The van der Waals surface area contributed by atoms with E-state index in [4.69, 9.17) is 21.4 Å². The van der Waals surface area contributed by atoms with Gasteiger partial charge in [-0.3, -0.25) is 9.59 Å². The number of aliphatic carboxylic acids is 1. The van der Waals surface area contributed by atoms with Crippen molar-refractivity contribution in [2.24, 2.45) is 0 Å². The first-order valence-electron chi connectivity index (χ1n) is 6.87. The van der Waals surface area contributed by atoms with Crippen LogP contribution >= 0.6 is 11.6 Å². The first-order chi connectivity index (χ1) is 10.3. The van der Waals surface area contributed by atoms with Crippen molar-refractivity contribution in [2.45, 2.75) is 38.8 Å². The summed E-state index contributed by atoms with van der Waals surface area (Å²) in [6, 6.07) is 3.12. The molecule has 0 aliphatic carbocycles. The quantitative estimate of drug-likeness (QED) is 0.768. The molecule has 0 radical (unpaired) electrons. The van der Waals surface area contributed by atoms with E-state index in [0.29, 0.717) is 5.56 Å². The molecule has 0 saturated carbocycles. The molecule has 1 rings (SSSR count). The first-order valence-corrected chi connectivity index (χ1v) is 7.25. The fourth-order valence-corrected chi connectivity index (χ4v) is 1.93. The molecule has 2 N–H and O–H groups in total. The van der Waals surface area contributed by atoms with Crippen LogP contribution in [-0.4, -0.2) is 29.7 Å². The number of hydrogen-bond donors (Lipinski definition) is 2. The second-order valence-corrected chi connectivity index (χ2v) is 5.47. The number of carboxylic acid groups (broad SMARTS) is 1. The summed E-state index contributed by atoms with van der Waals surface area (Å²) in [5.41, 5.74) is 0.349. The van der Waals surface area contributed by atoms with Gasteiger partial charge in [-0.1, -0.05) is 17.7 Å². The number of hydrogen-bond acceptors (Lipinski definition) is 3. The number of halogens is 2. The zero-order chi connectivity index (χ0) is 16.7. The predicted molar refractivity (Wildman–Crippen MR) is 80.3 cm³/mol. The highest BCUT2D eigenvalue weighted by atomic mass is 35.5. The van der Waals surface area contributed by atoms with Gasteiger partial charge in [-0.15, -0.1) is 0 Å². The largest absolute Gasteiger partial charge is 0.481 e. The van der Waals surface area contributed by atoms with Crippen LogP contribution in [0.3, 0.4) is 0 Å². The number of carbonyl (C=O) groups is 2. The van der Waals surface area contributed by atoms with Crippen LogP contribution in [0.4, 0.5) is 4.39 Å². The normalized spacial score (nSPS) is 12.2. The average molecular weight is 332 g/mol. The molecule has 0 fully saturated rings. The van der Waals surface area contributed by atoms with Crippen LogP contribution in [0.2, 0.25) is 5.02 Å². The van der Waals surface area contributed by atoms with Gasteiger partial charge in [0.1, 0.15) is 5.82 Å². The molecular formula is C15H19ClFNO4. The maximum absolute atomic E-state index is 13.5. The Balaban J connectivity index is 2.73. The van der Waals surface area contributed by atoms with Gasteiger partial charge in [0.2, 0.25) is 5.91 Å². The minimum absolute atomic E-state index is 0.00739. The van der Waals surface area contributed by atoms with Crippen molar-refractivity contribution < 1.29 is 23.8 Å². The van der Waals surface area contributed by atoms with E-state index in [0.717, 1.165) is 6.07 Å². The molecule has 7 heteroatoms.